The highest BCUT2D eigenvalue weighted by Gasteiger charge is 2.08. The molecule has 1 aromatic carbocycles. The SMILES string of the molecule is C=CC(=O)C(C=C/C=C/C=C/CC=Cc1ccc(O)c(OC)c1)OC. The van der Waals surface area contributed by atoms with Gasteiger partial charge in [0.05, 0.1) is 7.11 Å². The first-order chi connectivity index (χ1) is 12.1. The number of aromatic hydroxyl groups is 1. The second-order valence-electron chi connectivity index (χ2n) is 5.03. The molecule has 1 aromatic rings. The second kappa shape index (κ2) is 11.6. The van der Waals surface area contributed by atoms with E-state index >= 15 is 0 Å². The number of benzene rings is 1. The van der Waals surface area contributed by atoms with E-state index in [4.69, 9.17) is 9.47 Å². The van der Waals surface area contributed by atoms with E-state index in [2.05, 4.69) is 6.58 Å². The number of phenols is 1. The lowest BCUT2D eigenvalue weighted by atomic mass is 10.1. The molecule has 25 heavy (non-hydrogen) atoms. The molecule has 1 rings (SSSR count). The molecule has 0 heterocycles. The van der Waals surface area contributed by atoms with Gasteiger partial charge in [0.15, 0.2) is 17.3 Å². The average molecular weight is 340 g/mol. The summed E-state index contributed by atoms with van der Waals surface area (Å²) in [5.41, 5.74) is 0.957. The molecular formula is C21H24O4. The van der Waals surface area contributed by atoms with Crippen molar-refractivity contribution < 1.29 is 19.4 Å². The van der Waals surface area contributed by atoms with E-state index in [-0.39, 0.29) is 11.5 Å². The molecule has 0 aliphatic carbocycles. The van der Waals surface area contributed by atoms with Gasteiger partial charge in [0.1, 0.15) is 6.10 Å². The molecule has 0 aromatic heterocycles. The zero-order valence-electron chi connectivity index (χ0n) is 14.6. The van der Waals surface area contributed by atoms with Crippen molar-refractivity contribution in [2.45, 2.75) is 12.5 Å². The summed E-state index contributed by atoms with van der Waals surface area (Å²) in [5, 5.41) is 9.54. The highest BCUT2D eigenvalue weighted by molar-refractivity contribution is 5.94. The van der Waals surface area contributed by atoms with Crippen LogP contribution in [0.3, 0.4) is 0 Å². The van der Waals surface area contributed by atoms with E-state index in [9.17, 15) is 9.90 Å². The van der Waals surface area contributed by atoms with E-state index in [0.717, 1.165) is 12.0 Å². The summed E-state index contributed by atoms with van der Waals surface area (Å²) in [6.45, 7) is 3.43. The third-order valence-electron chi connectivity index (χ3n) is 3.28. The summed E-state index contributed by atoms with van der Waals surface area (Å²) < 4.78 is 10.1. The van der Waals surface area contributed by atoms with Gasteiger partial charge in [-0.2, -0.15) is 0 Å². The molecule has 0 aliphatic rings. The minimum Gasteiger partial charge on any atom is -0.504 e. The Balaban J connectivity index is 2.43. The van der Waals surface area contributed by atoms with Crippen LogP contribution in [0.2, 0.25) is 0 Å². The van der Waals surface area contributed by atoms with Gasteiger partial charge in [-0.1, -0.05) is 55.2 Å². The van der Waals surface area contributed by atoms with Gasteiger partial charge < -0.3 is 14.6 Å². The molecule has 0 saturated heterocycles. The Kier molecular flexibility index (Phi) is 9.41. The molecule has 0 spiro atoms. The predicted molar refractivity (Wildman–Crippen MR) is 102 cm³/mol. The van der Waals surface area contributed by atoms with Crippen molar-refractivity contribution in [3.05, 3.63) is 78.9 Å². The summed E-state index contributed by atoms with van der Waals surface area (Å²) >= 11 is 0. The van der Waals surface area contributed by atoms with Gasteiger partial charge in [-0.15, -0.1) is 0 Å². The first-order valence-corrected chi connectivity index (χ1v) is 7.85. The van der Waals surface area contributed by atoms with Crippen LogP contribution in [0.25, 0.3) is 6.08 Å². The highest BCUT2D eigenvalue weighted by Crippen LogP contribution is 2.26. The lowest BCUT2D eigenvalue weighted by Crippen LogP contribution is -2.17. The Bertz CT molecular complexity index is 681. The van der Waals surface area contributed by atoms with Crippen molar-refractivity contribution in [1.29, 1.82) is 0 Å². The summed E-state index contributed by atoms with van der Waals surface area (Å²) in [7, 11) is 3.00. The molecular weight excluding hydrogens is 316 g/mol. The molecule has 4 nitrogen and oxygen atoms in total. The number of hydrogen-bond acceptors (Lipinski definition) is 4. The fourth-order valence-corrected chi connectivity index (χ4v) is 1.94. The van der Waals surface area contributed by atoms with Crippen molar-refractivity contribution in [2.75, 3.05) is 14.2 Å². The van der Waals surface area contributed by atoms with Crippen LogP contribution in [0.1, 0.15) is 12.0 Å². The van der Waals surface area contributed by atoms with Crippen LogP contribution < -0.4 is 4.74 Å². The van der Waals surface area contributed by atoms with Crippen molar-refractivity contribution in [3.8, 4) is 11.5 Å². The summed E-state index contributed by atoms with van der Waals surface area (Å²) in [6.07, 6.45) is 16.5. The number of carbonyl (C=O) groups excluding carboxylic acids is 1. The largest absolute Gasteiger partial charge is 0.504 e. The minimum atomic E-state index is -0.587. The Hall–Kier alpha value is -2.85. The number of hydrogen-bond donors (Lipinski definition) is 1. The van der Waals surface area contributed by atoms with Crippen LogP contribution >= 0.6 is 0 Å². The van der Waals surface area contributed by atoms with Crippen LogP contribution in [-0.4, -0.2) is 31.2 Å². The first kappa shape index (κ1) is 20.2. The van der Waals surface area contributed by atoms with Crippen LogP contribution in [0.4, 0.5) is 0 Å². The molecule has 1 atom stereocenters. The molecule has 4 heteroatoms. The molecule has 132 valence electrons. The van der Waals surface area contributed by atoms with Gasteiger partial charge in [0.25, 0.3) is 0 Å². The number of ether oxygens (including phenoxy) is 2. The van der Waals surface area contributed by atoms with Crippen molar-refractivity contribution in [1.82, 2.24) is 0 Å². The smallest absolute Gasteiger partial charge is 0.187 e. The Morgan fingerprint density at radius 3 is 2.64 bits per heavy atom. The van der Waals surface area contributed by atoms with E-state index in [1.165, 1.54) is 20.3 Å². The normalized spacial score (nSPS) is 13.2. The quantitative estimate of drug-likeness (QED) is 0.511. The standard InChI is InChI=1S/C21H24O4/c1-4-18(22)20(24-2)13-11-9-7-5-6-8-10-12-17-14-15-19(23)21(16-17)25-3/h4-7,9-16,20,23H,1,8H2,2-3H3/b6-5+,9-7+,12-10?,13-11?. The average Bonchev–Trinajstić information content (AvgIpc) is 2.64. The number of rotatable bonds is 10. The fourth-order valence-electron chi connectivity index (χ4n) is 1.94. The van der Waals surface area contributed by atoms with Crippen molar-refractivity contribution in [2.24, 2.45) is 0 Å². The number of methoxy groups -OCH3 is 2. The Morgan fingerprint density at radius 2 is 1.96 bits per heavy atom. The second-order valence-corrected chi connectivity index (χ2v) is 5.03. The van der Waals surface area contributed by atoms with Crippen LogP contribution in [0.15, 0.2) is 73.4 Å². The topological polar surface area (TPSA) is 55.8 Å². The number of carbonyl (C=O) groups is 1. The van der Waals surface area contributed by atoms with Crippen molar-refractivity contribution >= 4 is 11.9 Å². The van der Waals surface area contributed by atoms with Gasteiger partial charge in [-0.3, -0.25) is 4.79 Å². The molecule has 0 bridgehead atoms. The molecule has 0 radical (unpaired) electrons. The summed E-state index contributed by atoms with van der Waals surface area (Å²) in [5.74, 6) is 0.415. The number of phenolic OH excluding ortho intramolecular Hbond substituents is 1. The molecule has 1 unspecified atom stereocenters. The molecule has 0 fully saturated rings. The van der Waals surface area contributed by atoms with Crippen molar-refractivity contribution in [3.63, 3.8) is 0 Å². The monoisotopic (exact) mass is 340 g/mol. The Labute approximate surface area is 149 Å². The van der Waals surface area contributed by atoms with Gasteiger partial charge in [0, 0.05) is 7.11 Å². The third kappa shape index (κ3) is 7.50. The zero-order valence-corrected chi connectivity index (χ0v) is 14.6. The number of ketones is 1. The maximum atomic E-state index is 11.4. The van der Waals surface area contributed by atoms with Crippen LogP contribution in [-0.2, 0) is 9.53 Å². The lowest BCUT2D eigenvalue weighted by molar-refractivity contribution is -0.121. The van der Waals surface area contributed by atoms with Crippen LogP contribution in [0, 0.1) is 0 Å². The maximum Gasteiger partial charge on any atom is 0.187 e. The highest BCUT2D eigenvalue weighted by atomic mass is 16.5. The maximum absolute atomic E-state index is 11.4. The lowest BCUT2D eigenvalue weighted by Gasteiger charge is -2.04. The minimum absolute atomic E-state index is 0.128. The number of allylic oxidation sites excluding steroid dienone is 6. The molecule has 1 N–H and O–H groups in total. The molecule has 0 aliphatic heterocycles. The Morgan fingerprint density at radius 1 is 1.20 bits per heavy atom. The predicted octanol–water partition coefficient (Wildman–Crippen LogP) is 4.24. The van der Waals surface area contributed by atoms with Gasteiger partial charge in [-0.25, -0.2) is 0 Å². The fraction of sp³-hybridized carbons (Fsp3) is 0.190. The zero-order chi connectivity index (χ0) is 18.5. The van der Waals surface area contributed by atoms with Gasteiger partial charge >= 0.3 is 0 Å². The third-order valence-corrected chi connectivity index (χ3v) is 3.28. The van der Waals surface area contributed by atoms with E-state index in [0.29, 0.717) is 5.75 Å². The van der Waals surface area contributed by atoms with E-state index < -0.39 is 6.10 Å². The molecule has 0 amide bonds. The molecule has 0 saturated carbocycles. The van der Waals surface area contributed by atoms with Crippen LogP contribution in [0.5, 0.6) is 11.5 Å². The van der Waals surface area contributed by atoms with E-state index in [1.54, 1.807) is 24.3 Å². The summed E-state index contributed by atoms with van der Waals surface area (Å²) in [4.78, 5) is 11.4. The van der Waals surface area contributed by atoms with Gasteiger partial charge in [-0.05, 0) is 36.3 Å². The summed E-state index contributed by atoms with van der Waals surface area (Å²) in [6, 6.07) is 5.20. The van der Waals surface area contributed by atoms with Gasteiger partial charge in [0.2, 0.25) is 0 Å². The van der Waals surface area contributed by atoms with E-state index in [1.807, 2.05) is 42.5 Å². The first-order valence-electron chi connectivity index (χ1n) is 7.85.